The molecule has 1 N–H and O–H groups in total. The maximum atomic E-state index is 13.8. The number of benzene rings is 1. The summed E-state index contributed by atoms with van der Waals surface area (Å²) in [6.07, 6.45) is 2.98. The van der Waals surface area contributed by atoms with E-state index in [2.05, 4.69) is 19.2 Å². The van der Waals surface area contributed by atoms with Crippen molar-refractivity contribution in [3.8, 4) is 0 Å². The second kappa shape index (κ2) is 9.06. The first-order valence-corrected chi connectivity index (χ1v) is 6.86. The summed E-state index contributed by atoms with van der Waals surface area (Å²) < 4.78 is 19.5. The second-order valence-corrected chi connectivity index (χ2v) is 4.44. The number of nitrogens with one attached hydrogen (secondary N) is 1. The fourth-order valence-corrected chi connectivity index (χ4v) is 1.77. The molecule has 0 saturated heterocycles. The fraction of sp³-hybridized carbons (Fsp3) is 0.600. The molecule has 0 fully saturated rings. The van der Waals surface area contributed by atoms with Gasteiger partial charge in [-0.15, -0.1) is 0 Å². The van der Waals surface area contributed by atoms with Gasteiger partial charge in [-0.1, -0.05) is 38.5 Å². The number of hydrogen-bond donors (Lipinski definition) is 1. The lowest BCUT2D eigenvalue weighted by molar-refractivity contribution is 0.0484. The van der Waals surface area contributed by atoms with E-state index in [1.54, 1.807) is 12.1 Å². The number of halogens is 1. The number of ether oxygens (including phenoxy) is 1. The zero-order valence-electron chi connectivity index (χ0n) is 11.4. The van der Waals surface area contributed by atoms with Gasteiger partial charge in [0.15, 0.2) is 0 Å². The van der Waals surface area contributed by atoms with E-state index in [1.165, 1.54) is 6.07 Å². The van der Waals surface area contributed by atoms with E-state index in [0.29, 0.717) is 18.7 Å². The summed E-state index contributed by atoms with van der Waals surface area (Å²) in [5.74, 6) is -0.183. The highest BCUT2D eigenvalue weighted by molar-refractivity contribution is 5.20. The normalized spacial score (nSPS) is 12.6. The molecule has 18 heavy (non-hydrogen) atoms. The average Bonchev–Trinajstić information content (AvgIpc) is 2.38. The number of unbranched alkanes of at least 4 members (excludes halogenated alkanes) is 1. The minimum atomic E-state index is -0.190. The Morgan fingerprint density at radius 2 is 2.00 bits per heavy atom. The molecule has 0 aliphatic heterocycles. The molecule has 0 aromatic heterocycles. The summed E-state index contributed by atoms with van der Waals surface area (Å²) in [6, 6.07) is 6.86. The van der Waals surface area contributed by atoms with Gasteiger partial charge in [0.2, 0.25) is 0 Å². The van der Waals surface area contributed by atoms with Crippen molar-refractivity contribution in [1.82, 2.24) is 5.32 Å². The highest BCUT2D eigenvalue weighted by Crippen LogP contribution is 2.20. The smallest absolute Gasteiger partial charge is 0.129 e. The Morgan fingerprint density at radius 1 is 1.22 bits per heavy atom. The van der Waals surface area contributed by atoms with Crippen LogP contribution < -0.4 is 5.32 Å². The summed E-state index contributed by atoms with van der Waals surface area (Å²) in [4.78, 5) is 0. The van der Waals surface area contributed by atoms with Gasteiger partial charge in [-0.2, -0.15) is 0 Å². The van der Waals surface area contributed by atoms with Crippen LogP contribution >= 0.6 is 0 Å². The Labute approximate surface area is 110 Å². The lowest BCUT2D eigenvalue weighted by Crippen LogP contribution is -2.25. The van der Waals surface area contributed by atoms with Gasteiger partial charge in [0.05, 0.1) is 6.10 Å². The molecule has 102 valence electrons. The SMILES string of the molecule is CCCCOC(CNCCC)c1ccccc1F. The van der Waals surface area contributed by atoms with Crippen LogP contribution in [0.5, 0.6) is 0 Å². The van der Waals surface area contributed by atoms with E-state index in [-0.39, 0.29) is 11.9 Å². The molecule has 0 aliphatic carbocycles. The van der Waals surface area contributed by atoms with Crippen LogP contribution in [0.25, 0.3) is 0 Å². The molecule has 0 aliphatic rings. The molecule has 0 bridgehead atoms. The summed E-state index contributed by atoms with van der Waals surface area (Å²) in [6.45, 7) is 6.52. The zero-order chi connectivity index (χ0) is 13.2. The topological polar surface area (TPSA) is 21.3 Å². The summed E-state index contributed by atoms with van der Waals surface area (Å²) in [5.41, 5.74) is 0.650. The standard InChI is InChI=1S/C15H24FNO/c1-3-5-11-18-15(12-17-10-4-2)13-8-6-7-9-14(13)16/h6-9,15,17H,3-5,10-12H2,1-2H3. The van der Waals surface area contributed by atoms with Crippen LogP contribution in [0.4, 0.5) is 4.39 Å². The van der Waals surface area contributed by atoms with Gasteiger partial charge < -0.3 is 10.1 Å². The molecule has 0 saturated carbocycles. The third-order valence-electron chi connectivity index (χ3n) is 2.83. The minimum Gasteiger partial charge on any atom is -0.372 e. The van der Waals surface area contributed by atoms with Crippen molar-refractivity contribution in [1.29, 1.82) is 0 Å². The lowest BCUT2D eigenvalue weighted by Gasteiger charge is -2.19. The summed E-state index contributed by atoms with van der Waals surface area (Å²) >= 11 is 0. The van der Waals surface area contributed by atoms with E-state index in [0.717, 1.165) is 25.8 Å². The predicted octanol–water partition coefficient (Wildman–Crippen LogP) is 3.68. The molecule has 0 spiro atoms. The Kier molecular flexibility index (Phi) is 7.62. The molecule has 1 unspecified atom stereocenters. The molecule has 0 heterocycles. The highest BCUT2D eigenvalue weighted by Gasteiger charge is 2.15. The van der Waals surface area contributed by atoms with E-state index < -0.39 is 0 Å². The van der Waals surface area contributed by atoms with Crippen LogP contribution in [0.1, 0.15) is 44.8 Å². The van der Waals surface area contributed by atoms with Crippen molar-refractivity contribution >= 4 is 0 Å². The zero-order valence-corrected chi connectivity index (χ0v) is 11.4. The van der Waals surface area contributed by atoms with E-state index in [9.17, 15) is 4.39 Å². The first-order valence-electron chi connectivity index (χ1n) is 6.86. The van der Waals surface area contributed by atoms with Gasteiger partial charge in [0, 0.05) is 18.7 Å². The van der Waals surface area contributed by atoms with Crippen LogP contribution in [0.2, 0.25) is 0 Å². The van der Waals surface area contributed by atoms with Gasteiger partial charge >= 0.3 is 0 Å². The molecule has 0 radical (unpaired) electrons. The van der Waals surface area contributed by atoms with Gasteiger partial charge in [0.1, 0.15) is 5.82 Å². The van der Waals surface area contributed by atoms with Gasteiger partial charge in [-0.3, -0.25) is 0 Å². The third kappa shape index (κ3) is 5.15. The molecule has 0 amide bonds. The average molecular weight is 253 g/mol. The van der Waals surface area contributed by atoms with Crippen LogP contribution in [0.15, 0.2) is 24.3 Å². The quantitative estimate of drug-likeness (QED) is 0.678. The molecule has 2 nitrogen and oxygen atoms in total. The van der Waals surface area contributed by atoms with Crippen LogP contribution in [0, 0.1) is 5.82 Å². The Bertz CT molecular complexity index is 320. The van der Waals surface area contributed by atoms with E-state index in [4.69, 9.17) is 4.74 Å². The predicted molar refractivity (Wildman–Crippen MR) is 73.2 cm³/mol. The molecule has 1 atom stereocenters. The highest BCUT2D eigenvalue weighted by atomic mass is 19.1. The Balaban J connectivity index is 2.60. The van der Waals surface area contributed by atoms with Crippen molar-refractivity contribution in [2.45, 2.75) is 39.2 Å². The van der Waals surface area contributed by atoms with Crippen molar-refractivity contribution in [3.05, 3.63) is 35.6 Å². The largest absolute Gasteiger partial charge is 0.372 e. The number of rotatable bonds is 9. The molecule has 1 aromatic rings. The second-order valence-electron chi connectivity index (χ2n) is 4.44. The van der Waals surface area contributed by atoms with Crippen LogP contribution in [-0.4, -0.2) is 19.7 Å². The molecule has 1 rings (SSSR count). The molecular formula is C15H24FNO. The maximum absolute atomic E-state index is 13.8. The lowest BCUT2D eigenvalue weighted by atomic mass is 10.1. The molecule has 1 aromatic carbocycles. The molecule has 3 heteroatoms. The van der Waals surface area contributed by atoms with Gasteiger partial charge in [-0.25, -0.2) is 4.39 Å². The Hall–Kier alpha value is -0.930. The van der Waals surface area contributed by atoms with Gasteiger partial charge in [0.25, 0.3) is 0 Å². The van der Waals surface area contributed by atoms with E-state index >= 15 is 0 Å². The number of hydrogen-bond acceptors (Lipinski definition) is 2. The van der Waals surface area contributed by atoms with E-state index in [1.807, 2.05) is 6.07 Å². The van der Waals surface area contributed by atoms with Crippen LogP contribution in [0.3, 0.4) is 0 Å². The first kappa shape index (κ1) is 15.1. The molecular weight excluding hydrogens is 229 g/mol. The Morgan fingerprint density at radius 3 is 2.67 bits per heavy atom. The fourth-order valence-electron chi connectivity index (χ4n) is 1.77. The summed E-state index contributed by atoms with van der Waals surface area (Å²) in [7, 11) is 0. The van der Waals surface area contributed by atoms with Crippen molar-refractivity contribution in [3.63, 3.8) is 0 Å². The van der Waals surface area contributed by atoms with Crippen molar-refractivity contribution in [2.75, 3.05) is 19.7 Å². The summed E-state index contributed by atoms with van der Waals surface area (Å²) in [5, 5.41) is 3.30. The van der Waals surface area contributed by atoms with Crippen LogP contribution in [-0.2, 0) is 4.74 Å². The maximum Gasteiger partial charge on any atom is 0.129 e. The van der Waals surface area contributed by atoms with Gasteiger partial charge in [-0.05, 0) is 25.5 Å². The first-order chi connectivity index (χ1) is 8.79. The monoisotopic (exact) mass is 253 g/mol. The third-order valence-corrected chi connectivity index (χ3v) is 2.83. The minimum absolute atomic E-state index is 0.183. The van der Waals surface area contributed by atoms with Crippen molar-refractivity contribution < 1.29 is 9.13 Å². The van der Waals surface area contributed by atoms with Crippen molar-refractivity contribution in [2.24, 2.45) is 0 Å².